The van der Waals surface area contributed by atoms with Gasteiger partial charge in [-0.25, -0.2) is 4.79 Å². The molecule has 4 aliphatic rings. The van der Waals surface area contributed by atoms with Gasteiger partial charge < -0.3 is 5.11 Å². The molecular formula is C28H37N3O4. The zero-order valence-corrected chi connectivity index (χ0v) is 20.5. The van der Waals surface area contributed by atoms with Gasteiger partial charge in [-0.2, -0.15) is 0 Å². The topological polar surface area (TPSA) is 84.5 Å². The zero-order chi connectivity index (χ0) is 24.1. The molecule has 4 bridgehead atoms. The Morgan fingerprint density at radius 1 is 0.800 bits per heavy atom. The first-order valence-electron chi connectivity index (χ1n) is 13.7. The van der Waals surface area contributed by atoms with Crippen molar-refractivity contribution in [1.82, 2.24) is 14.0 Å². The summed E-state index contributed by atoms with van der Waals surface area (Å²) in [6.07, 6.45) is 14.7. The number of carbonyl (C=O) groups is 1. The number of carboxylic acid groups (broad SMARTS) is 1. The number of fused-ring (bicyclic) bond motifs is 5. The molecule has 6 rings (SSSR count). The SMILES string of the molecule is O=C(O)Cn1c(=O)n([C@H]2C[C@H]3CCC[C@@H](C2)N3C2C[C@H]3CCCC[C@@H](C2)C3)c(=O)c2ccccc21. The van der Waals surface area contributed by atoms with Crippen molar-refractivity contribution in [2.24, 2.45) is 11.8 Å². The summed E-state index contributed by atoms with van der Waals surface area (Å²) >= 11 is 0. The standard InChI is InChI=1S/C28H37N3O4/c32-26(33)17-29-25-11-4-3-10-24(25)27(34)31(28(29)35)23-15-20-8-5-9-21(16-23)30(20)22-13-18-6-1-2-7-19(12-18)14-22/h3-4,10-11,18-23H,1-2,5-9,12-17H2,(H,32,33)/t18-,19+,20-,21+,22?,23+. The Balaban J connectivity index is 1.34. The van der Waals surface area contributed by atoms with E-state index in [1.54, 1.807) is 24.3 Å². The third kappa shape index (κ3) is 4.15. The first-order chi connectivity index (χ1) is 17.0. The molecule has 35 heavy (non-hydrogen) atoms. The smallest absolute Gasteiger partial charge is 0.332 e. The van der Waals surface area contributed by atoms with Crippen molar-refractivity contribution in [1.29, 1.82) is 0 Å². The Hall–Kier alpha value is -2.41. The minimum atomic E-state index is -1.08. The Kier molecular flexibility index (Phi) is 6.07. The highest BCUT2D eigenvalue weighted by Gasteiger charge is 2.45. The maximum absolute atomic E-state index is 13.6. The number of rotatable bonds is 4. The van der Waals surface area contributed by atoms with E-state index in [9.17, 15) is 19.5 Å². The van der Waals surface area contributed by atoms with Crippen LogP contribution in [0.2, 0.25) is 0 Å². The second-order valence-corrected chi connectivity index (χ2v) is 11.6. The lowest BCUT2D eigenvalue weighted by molar-refractivity contribution is -0.137. The van der Waals surface area contributed by atoms with Gasteiger partial charge >= 0.3 is 11.7 Å². The molecular weight excluding hydrogens is 442 g/mol. The lowest BCUT2D eigenvalue weighted by Crippen LogP contribution is -2.59. The molecule has 1 aromatic heterocycles. The van der Waals surface area contributed by atoms with Crippen molar-refractivity contribution >= 4 is 16.9 Å². The molecule has 2 saturated carbocycles. The quantitative estimate of drug-likeness (QED) is 0.712. The van der Waals surface area contributed by atoms with Crippen LogP contribution in [0.1, 0.15) is 83.1 Å². The van der Waals surface area contributed by atoms with Crippen molar-refractivity contribution < 1.29 is 9.90 Å². The largest absolute Gasteiger partial charge is 0.480 e. The summed E-state index contributed by atoms with van der Waals surface area (Å²) in [7, 11) is 0. The monoisotopic (exact) mass is 479 g/mol. The van der Waals surface area contributed by atoms with Crippen molar-refractivity contribution in [3.05, 3.63) is 45.1 Å². The Labute approximate surface area is 205 Å². The molecule has 1 aromatic carbocycles. The highest BCUT2D eigenvalue weighted by molar-refractivity contribution is 5.79. The van der Waals surface area contributed by atoms with Gasteiger partial charge in [0.15, 0.2) is 0 Å². The van der Waals surface area contributed by atoms with Crippen LogP contribution in [0.15, 0.2) is 33.9 Å². The van der Waals surface area contributed by atoms with Crippen LogP contribution in [0.4, 0.5) is 0 Å². The first-order valence-corrected chi connectivity index (χ1v) is 13.7. The number of hydrogen-bond donors (Lipinski definition) is 1. The van der Waals surface area contributed by atoms with E-state index in [1.165, 1.54) is 60.5 Å². The maximum Gasteiger partial charge on any atom is 0.332 e. The minimum absolute atomic E-state index is 0.169. The van der Waals surface area contributed by atoms with E-state index in [-0.39, 0.29) is 11.6 Å². The number of hydrogen-bond acceptors (Lipinski definition) is 4. The average molecular weight is 480 g/mol. The molecule has 1 unspecified atom stereocenters. The van der Waals surface area contributed by atoms with Gasteiger partial charge in [-0.05, 0) is 68.9 Å². The van der Waals surface area contributed by atoms with Gasteiger partial charge in [0.2, 0.25) is 0 Å². The van der Waals surface area contributed by atoms with E-state index in [0.29, 0.717) is 29.0 Å². The van der Waals surface area contributed by atoms with Crippen LogP contribution in [0.25, 0.3) is 10.9 Å². The predicted molar refractivity (Wildman–Crippen MR) is 135 cm³/mol. The van der Waals surface area contributed by atoms with Crippen LogP contribution < -0.4 is 11.2 Å². The Morgan fingerprint density at radius 2 is 1.46 bits per heavy atom. The van der Waals surface area contributed by atoms with Crippen molar-refractivity contribution in [2.75, 3.05) is 0 Å². The van der Waals surface area contributed by atoms with Crippen LogP contribution in [-0.2, 0) is 11.3 Å². The number of piperidine rings is 2. The van der Waals surface area contributed by atoms with Gasteiger partial charge in [0, 0.05) is 24.2 Å². The fourth-order valence-corrected chi connectivity index (χ4v) is 8.26. The lowest BCUT2D eigenvalue weighted by Gasteiger charge is -2.54. The third-order valence-corrected chi connectivity index (χ3v) is 9.52. The number of aliphatic carboxylic acids is 1. The lowest BCUT2D eigenvalue weighted by atomic mass is 9.73. The van der Waals surface area contributed by atoms with Crippen LogP contribution in [0.5, 0.6) is 0 Å². The third-order valence-electron chi connectivity index (χ3n) is 9.52. The molecule has 6 atom stereocenters. The molecule has 1 N–H and O–H groups in total. The van der Waals surface area contributed by atoms with Crippen molar-refractivity contribution in [3.63, 3.8) is 0 Å². The highest BCUT2D eigenvalue weighted by Crippen LogP contribution is 2.46. The van der Waals surface area contributed by atoms with E-state index >= 15 is 0 Å². The van der Waals surface area contributed by atoms with Crippen LogP contribution in [0, 0.1) is 11.8 Å². The van der Waals surface area contributed by atoms with E-state index in [0.717, 1.165) is 37.5 Å². The van der Waals surface area contributed by atoms with Gasteiger partial charge in [-0.1, -0.05) is 44.2 Å². The fraction of sp³-hybridized carbons (Fsp3) is 0.679. The van der Waals surface area contributed by atoms with Gasteiger partial charge in [-0.3, -0.25) is 23.6 Å². The molecule has 2 aromatic rings. The molecule has 2 aliphatic carbocycles. The summed E-state index contributed by atoms with van der Waals surface area (Å²) in [5, 5.41) is 9.89. The Morgan fingerprint density at radius 3 is 2.11 bits per heavy atom. The van der Waals surface area contributed by atoms with E-state index < -0.39 is 18.2 Å². The number of carboxylic acids is 1. The summed E-state index contributed by atoms with van der Waals surface area (Å²) < 4.78 is 2.68. The summed E-state index contributed by atoms with van der Waals surface area (Å²) in [6.45, 7) is -0.434. The zero-order valence-electron chi connectivity index (χ0n) is 20.5. The summed E-state index contributed by atoms with van der Waals surface area (Å²) in [5.41, 5.74) is -0.340. The van der Waals surface area contributed by atoms with Gasteiger partial charge in [0.1, 0.15) is 6.54 Å². The fourth-order valence-electron chi connectivity index (χ4n) is 8.26. The van der Waals surface area contributed by atoms with E-state index in [4.69, 9.17) is 0 Å². The Bertz CT molecular complexity index is 1200. The molecule has 7 nitrogen and oxygen atoms in total. The van der Waals surface area contributed by atoms with Crippen LogP contribution in [0.3, 0.4) is 0 Å². The van der Waals surface area contributed by atoms with Crippen LogP contribution in [-0.4, -0.2) is 43.2 Å². The second kappa shape index (κ2) is 9.23. The van der Waals surface area contributed by atoms with Crippen LogP contribution >= 0.6 is 0 Å². The number of benzene rings is 1. The first kappa shape index (κ1) is 23.0. The molecule has 2 aliphatic heterocycles. The summed E-state index contributed by atoms with van der Waals surface area (Å²) in [4.78, 5) is 41.5. The van der Waals surface area contributed by atoms with Crippen molar-refractivity contribution in [2.45, 2.75) is 108 Å². The van der Waals surface area contributed by atoms with Crippen molar-refractivity contribution in [3.8, 4) is 0 Å². The molecule has 0 spiro atoms. The minimum Gasteiger partial charge on any atom is -0.480 e. The van der Waals surface area contributed by atoms with Gasteiger partial charge in [-0.15, -0.1) is 0 Å². The summed E-state index contributed by atoms with van der Waals surface area (Å²) in [5.74, 6) is 0.657. The number of nitrogens with zero attached hydrogens (tertiary/aromatic N) is 3. The number of aromatic nitrogens is 2. The maximum atomic E-state index is 13.6. The second-order valence-electron chi connectivity index (χ2n) is 11.6. The summed E-state index contributed by atoms with van der Waals surface area (Å²) in [6, 6.07) is 8.20. The molecule has 0 amide bonds. The molecule has 7 heteroatoms. The van der Waals surface area contributed by atoms with Gasteiger partial charge in [0.05, 0.1) is 10.9 Å². The molecule has 2 saturated heterocycles. The average Bonchev–Trinajstić information content (AvgIpc) is 3.00. The van der Waals surface area contributed by atoms with E-state index in [1.807, 2.05) is 0 Å². The molecule has 4 fully saturated rings. The normalized spacial score (nSPS) is 33.4. The highest BCUT2D eigenvalue weighted by atomic mass is 16.4. The predicted octanol–water partition coefficient (Wildman–Crippen LogP) is 4.16. The molecule has 3 heterocycles. The van der Waals surface area contributed by atoms with Gasteiger partial charge in [0.25, 0.3) is 5.56 Å². The molecule has 0 radical (unpaired) electrons. The number of para-hydroxylation sites is 1. The molecule has 188 valence electrons. The van der Waals surface area contributed by atoms with E-state index in [2.05, 4.69) is 4.90 Å².